The van der Waals surface area contributed by atoms with E-state index in [0.29, 0.717) is 12.2 Å². The number of ether oxygens (including phenoxy) is 1. The Hall–Kier alpha value is -2.45. The molecule has 0 saturated heterocycles. The average molecular weight is 378 g/mol. The molecule has 2 rings (SSSR count). The zero-order valence-electron chi connectivity index (χ0n) is 14.9. The van der Waals surface area contributed by atoms with Crippen LogP contribution in [-0.4, -0.2) is 20.5 Å². The van der Waals surface area contributed by atoms with Crippen molar-refractivity contribution in [3.63, 3.8) is 0 Å². The van der Waals surface area contributed by atoms with Crippen LogP contribution in [0.4, 0.5) is 5.69 Å². The molecule has 0 fully saturated rings. The molecule has 7 nitrogen and oxygen atoms in total. The van der Waals surface area contributed by atoms with Crippen LogP contribution in [0.15, 0.2) is 53.4 Å². The van der Waals surface area contributed by atoms with Gasteiger partial charge in [-0.3, -0.25) is 10.1 Å². The summed E-state index contributed by atoms with van der Waals surface area (Å²) in [5.41, 5.74) is 0.534. The Balaban J connectivity index is 2.34. The van der Waals surface area contributed by atoms with Gasteiger partial charge in [0.2, 0.25) is 10.0 Å². The van der Waals surface area contributed by atoms with Crippen LogP contribution in [0, 0.1) is 16.0 Å². The Labute approximate surface area is 153 Å². The van der Waals surface area contributed by atoms with Crippen LogP contribution in [0.2, 0.25) is 0 Å². The first-order valence-electron chi connectivity index (χ1n) is 8.13. The molecule has 0 bridgehead atoms. The molecule has 0 spiro atoms. The Morgan fingerprint density at radius 3 is 2.35 bits per heavy atom. The molecule has 8 heteroatoms. The fraction of sp³-hybridized carbons (Fsp3) is 0.333. The smallest absolute Gasteiger partial charge is 0.270 e. The van der Waals surface area contributed by atoms with Crippen molar-refractivity contribution in [3.8, 4) is 5.75 Å². The van der Waals surface area contributed by atoms with Crippen molar-refractivity contribution in [2.45, 2.75) is 31.2 Å². The van der Waals surface area contributed by atoms with E-state index >= 15 is 0 Å². The third-order valence-corrected chi connectivity index (χ3v) is 5.33. The summed E-state index contributed by atoms with van der Waals surface area (Å²) in [5, 5.41) is 10.9. The number of hydrogen-bond donors (Lipinski definition) is 1. The van der Waals surface area contributed by atoms with Crippen LogP contribution in [0.1, 0.15) is 31.9 Å². The van der Waals surface area contributed by atoms with Gasteiger partial charge in [-0.1, -0.05) is 32.0 Å². The summed E-state index contributed by atoms with van der Waals surface area (Å²) in [5.74, 6) is 0.925. The van der Waals surface area contributed by atoms with Crippen molar-refractivity contribution in [2.75, 3.05) is 7.11 Å². The van der Waals surface area contributed by atoms with Crippen molar-refractivity contribution < 1.29 is 18.1 Å². The first kappa shape index (κ1) is 19.9. The highest BCUT2D eigenvalue weighted by Gasteiger charge is 2.24. The molecule has 0 saturated carbocycles. The highest BCUT2D eigenvalue weighted by atomic mass is 32.2. The van der Waals surface area contributed by atoms with E-state index in [1.807, 2.05) is 26.0 Å². The number of nitro benzene ring substituents is 1. The Morgan fingerprint density at radius 1 is 1.15 bits per heavy atom. The van der Waals surface area contributed by atoms with E-state index in [1.165, 1.54) is 18.2 Å². The molecule has 0 radical (unpaired) electrons. The second kappa shape index (κ2) is 8.29. The Bertz CT molecular complexity index is 863. The Morgan fingerprint density at radius 2 is 1.81 bits per heavy atom. The van der Waals surface area contributed by atoms with Gasteiger partial charge < -0.3 is 4.74 Å². The fourth-order valence-corrected chi connectivity index (χ4v) is 3.86. The van der Waals surface area contributed by atoms with E-state index in [1.54, 1.807) is 19.2 Å². The first-order chi connectivity index (χ1) is 12.2. The molecule has 26 heavy (non-hydrogen) atoms. The summed E-state index contributed by atoms with van der Waals surface area (Å²) in [6.45, 7) is 4.00. The SMILES string of the molecule is COc1ccc(C(CC(C)C)NS(=O)(=O)c2cccc([N+](=O)[O-])c2)cc1. The summed E-state index contributed by atoms with van der Waals surface area (Å²) in [4.78, 5) is 10.2. The first-order valence-corrected chi connectivity index (χ1v) is 9.62. The highest BCUT2D eigenvalue weighted by Crippen LogP contribution is 2.26. The van der Waals surface area contributed by atoms with Gasteiger partial charge in [0.05, 0.1) is 16.9 Å². The van der Waals surface area contributed by atoms with Gasteiger partial charge >= 0.3 is 0 Å². The molecule has 0 aliphatic rings. The number of nitrogens with zero attached hydrogens (tertiary/aromatic N) is 1. The van der Waals surface area contributed by atoms with Crippen LogP contribution in [0.5, 0.6) is 5.75 Å². The van der Waals surface area contributed by atoms with Gasteiger partial charge in [-0.2, -0.15) is 0 Å². The van der Waals surface area contributed by atoms with Crippen molar-refractivity contribution in [3.05, 3.63) is 64.2 Å². The monoisotopic (exact) mass is 378 g/mol. The topological polar surface area (TPSA) is 98.5 Å². The number of rotatable bonds is 8. The van der Waals surface area contributed by atoms with Gasteiger partial charge in [-0.25, -0.2) is 13.1 Å². The summed E-state index contributed by atoms with van der Waals surface area (Å²) in [7, 11) is -2.35. The quantitative estimate of drug-likeness (QED) is 0.558. The maximum absolute atomic E-state index is 12.7. The van der Waals surface area contributed by atoms with Gasteiger partial charge in [-0.05, 0) is 36.1 Å². The van der Waals surface area contributed by atoms with Gasteiger partial charge in [0.1, 0.15) is 5.75 Å². The Kier molecular flexibility index (Phi) is 6.33. The third-order valence-electron chi connectivity index (χ3n) is 3.86. The molecule has 1 N–H and O–H groups in total. The minimum absolute atomic E-state index is 0.131. The molecule has 0 aliphatic heterocycles. The number of sulfonamides is 1. The number of nitro groups is 1. The molecule has 0 heterocycles. The van der Waals surface area contributed by atoms with Crippen molar-refractivity contribution in [1.29, 1.82) is 0 Å². The number of methoxy groups -OCH3 is 1. The molecular formula is C18H22N2O5S. The summed E-state index contributed by atoms with van der Waals surface area (Å²) >= 11 is 0. The highest BCUT2D eigenvalue weighted by molar-refractivity contribution is 7.89. The molecule has 1 unspecified atom stereocenters. The van der Waals surface area contributed by atoms with Crippen LogP contribution >= 0.6 is 0 Å². The van der Waals surface area contributed by atoms with Crippen molar-refractivity contribution >= 4 is 15.7 Å². The normalized spacial score (nSPS) is 12.8. The van der Waals surface area contributed by atoms with Gasteiger partial charge in [0, 0.05) is 18.2 Å². The van der Waals surface area contributed by atoms with Crippen LogP contribution in [0.3, 0.4) is 0 Å². The molecule has 0 aliphatic carbocycles. The van der Waals surface area contributed by atoms with E-state index < -0.39 is 21.0 Å². The zero-order valence-corrected chi connectivity index (χ0v) is 15.7. The molecule has 2 aromatic carbocycles. The summed E-state index contributed by atoms with van der Waals surface area (Å²) in [6, 6.07) is 11.7. The van der Waals surface area contributed by atoms with Gasteiger partial charge in [0.25, 0.3) is 5.69 Å². The van der Waals surface area contributed by atoms with Crippen molar-refractivity contribution in [2.24, 2.45) is 5.92 Å². The summed E-state index contributed by atoms with van der Waals surface area (Å²) in [6.07, 6.45) is 0.584. The second-order valence-corrected chi connectivity index (χ2v) is 8.05. The molecular weight excluding hydrogens is 356 g/mol. The standard InChI is InChI=1S/C18H22N2O5S/c1-13(2)11-18(14-7-9-16(25-3)10-8-14)19-26(23,24)17-6-4-5-15(12-17)20(21)22/h4-10,12-13,18-19H,11H2,1-3H3. The fourth-order valence-electron chi connectivity index (χ4n) is 2.58. The van der Waals surface area contributed by atoms with E-state index in [2.05, 4.69) is 4.72 Å². The van der Waals surface area contributed by atoms with E-state index in [4.69, 9.17) is 4.74 Å². The van der Waals surface area contributed by atoms with E-state index in [9.17, 15) is 18.5 Å². The molecule has 1 atom stereocenters. The third kappa shape index (κ3) is 5.03. The van der Waals surface area contributed by atoms with Gasteiger partial charge in [-0.15, -0.1) is 0 Å². The lowest BCUT2D eigenvalue weighted by molar-refractivity contribution is -0.385. The van der Waals surface area contributed by atoms with Crippen molar-refractivity contribution in [1.82, 2.24) is 4.72 Å². The molecule has 2 aromatic rings. The maximum Gasteiger partial charge on any atom is 0.270 e. The van der Waals surface area contributed by atoms with E-state index in [-0.39, 0.29) is 16.5 Å². The minimum atomic E-state index is -3.91. The van der Waals surface area contributed by atoms with Gasteiger partial charge in [0.15, 0.2) is 0 Å². The molecule has 140 valence electrons. The number of hydrogen-bond acceptors (Lipinski definition) is 5. The second-order valence-electron chi connectivity index (χ2n) is 6.33. The zero-order chi connectivity index (χ0) is 19.3. The lowest BCUT2D eigenvalue weighted by Gasteiger charge is -2.21. The number of benzene rings is 2. The predicted molar refractivity (Wildman–Crippen MR) is 98.6 cm³/mol. The van der Waals surface area contributed by atoms with E-state index in [0.717, 1.165) is 11.6 Å². The number of non-ortho nitro benzene ring substituents is 1. The average Bonchev–Trinajstić information content (AvgIpc) is 2.60. The lowest BCUT2D eigenvalue weighted by Crippen LogP contribution is -2.29. The molecule has 0 aromatic heterocycles. The molecule has 0 amide bonds. The van der Waals surface area contributed by atoms with Crippen LogP contribution < -0.4 is 9.46 Å². The minimum Gasteiger partial charge on any atom is -0.497 e. The summed E-state index contributed by atoms with van der Waals surface area (Å²) < 4.78 is 33.3. The largest absolute Gasteiger partial charge is 0.497 e. The van der Waals surface area contributed by atoms with Crippen LogP contribution in [0.25, 0.3) is 0 Å². The predicted octanol–water partition coefficient (Wildman–Crippen LogP) is 3.67. The maximum atomic E-state index is 12.7. The number of nitrogens with one attached hydrogen (secondary N) is 1. The van der Waals surface area contributed by atoms with Crippen LogP contribution in [-0.2, 0) is 10.0 Å². The lowest BCUT2D eigenvalue weighted by atomic mass is 9.98.